The van der Waals surface area contributed by atoms with Crippen LogP contribution in [-0.4, -0.2) is 45.3 Å². The van der Waals surface area contributed by atoms with Crippen molar-refractivity contribution in [1.29, 1.82) is 5.26 Å². The predicted octanol–water partition coefficient (Wildman–Crippen LogP) is 3.60. The summed E-state index contributed by atoms with van der Waals surface area (Å²) in [6.45, 7) is 3.82. The average Bonchev–Trinajstić information content (AvgIpc) is 3.28. The summed E-state index contributed by atoms with van der Waals surface area (Å²) in [6, 6.07) is 15.7. The SMILES string of the molecule is CNC(=O)N1CC(n2cnnc2-c2ccc(C#N)cc2)=C(C)N(c2cccc(C)c2)C1=O. The molecule has 160 valence electrons. The van der Waals surface area contributed by atoms with Crippen molar-refractivity contribution in [3.63, 3.8) is 0 Å². The lowest BCUT2D eigenvalue weighted by atomic mass is 10.1. The van der Waals surface area contributed by atoms with Gasteiger partial charge in [-0.3, -0.25) is 9.47 Å². The number of aryl methyl sites for hydroxylation is 1. The molecule has 32 heavy (non-hydrogen) atoms. The van der Waals surface area contributed by atoms with E-state index in [9.17, 15) is 9.59 Å². The van der Waals surface area contributed by atoms with Crippen LogP contribution in [0.5, 0.6) is 0 Å². The number of imide groups is 1. The topological polar surface area (TPSA) is 107 Å². The van der Waals surface area contributed by atoms with Crippen LogP contribution >= 0.6 is 0 Å². The Morgan fingerprint density at radius 2 is 1.91 bits per heavy atom. The third-order valence-electron chi connectivity index (χ3n) is 5.31. The molecule has 1 aliphatic rings. The molecule has 0 aliphatic carbocycles. The number of carbonyl (C=O) groups excluding carboxylic acids is 2. The number of hydrogen-bond acceptors (Lipinski definition) is 5. The van der Waals surface area contributed by atoms with Gasteiger partial charge in [0, 0.05) is 18.3 Å². The van der Waals surface area contributed by atoms with Crippen LogP contribution in [0.3, 0.4) is 0 Å². The number of allylic oxidation sites excluding steroid dienone is 1. The normalized spacial score (nSPS) is 13.9. The fourth-order valence-corrected chi connectivity index (χ4v) is 3.66. The molecule has 1 aromatic heterocycles. The summed E-state index contributed by atoms with van der Waals surface area (Å²) in [4.78, 5) is 28.5. The van der Waals surface area contributed by atoms with Gasteiger partial charge in [0.05, 0.1) is 29.6 Å². The first-order valence-corrected chi connectivity index (χ1v) is 9.95. The number of amides is 4. The third kappa shape index (κ3) is 3.58. The zero-order valence-corrected chi connectivity index (χ0v) is 17.9. The first-order valence-electron chi connectivity index (χ1n) is 9.95. The number of anilines is 1. The molecule has 4 amide bonds. The second-order valence-corrected chi connectivity index (χ2v) is 7.34. The largest absolute Gasteiger partial charge is 0.341 e. The molecule has 0 fully saturated rings. The van der Waals surface area contributed by atoms with Gasteiger partial charge in [0.15, 0.2) is 5.82 Å². The monoisotopic (exact) mass is 427 g/mol. The summed E-state index contributed by atoms with van der Waals surface area (Å²) in [5.41, 5.74) is 4.28. The second kappa shape index (κ2) is 8.35. The van der Waals surface area contributed by atoms with E-state index in [4.69, 9.17) is 5.26 Å². The van der Waals surface area contributed by atoms with E-state index < -0.39 is 12.1 Å². The molecular formula is C23H21N7O2. The van der Waals surface area contributed by atoms with E-state index in [1.807, 2.05) is 38.1 Å². The van der Waals surface area contributed by atoms with Crippen molar-refractivity contribution in [2.45, 2.75) is 13.8 Å². The fraction of sp³-hybridized carbons (Fsp3) is 0.174. The molecule has 1 N–H and O–H groups in total. The minimum Gasteiger partial charge on any atom is -0.341 e. The highest BCUT2D eigenvalue weighted by Gasteiger charge is 2.36. The molecule has 0 spiro atoms. The number of nitrogens with one attached hydrogen (secondary N) is 1. The Labute approximate surface area is 185 Å². The minimum atomic E-state index is -0.509. The van der Waals surface area contributed by atoms with Crippen molar-refractivity contribution in [3.05, 3.63) is 71.7 Å². The number of nitriles is 1. The number of rotatable bonds is 3. The van der Waals surface area contributed by atoms with Gasteiger partial charge in [0.25, 0.3) is 0 Å². The molecular weight excluding hydrogens is 406 g/mol. The standard InChI is InChI=1S/C23H21N7O2/c1-15-5-4-6-19(11-15)30-16(2)20(13-28(23(30)32)22(31)25-3)29-14-26-27-21(29)18-9-7-17(12-24)8-10-18/h4-11,14H,13H2,1-3H3,(H,25,31). The molecule has 9 nitrogen and oxygen atoms in total. The van der Waals surface area contributed by atoms with E-state index in [1.165, 1.54) is 11.9 Å². The maximum Gasteiger partial charge on any atom is 0.337 e. The summed E-state index contributed by atoms with van der Waals surface area (Å²) >= 11 is 0. The zero-order chi connectivity index (χ0) is 22.8. The van der Waals surface area contributed by atoms with Gasteiger partial charge in [-0.25, -0.2) is 14.5 Å². The highest BCUT2D eigenvalue weighted by molar-refractivity contribution is 6.07. The maximum absolute atomic E-state index is 13.3. The first kappa shape index (κ1) is 20.8. The van der Waals surface area contributed by atoms with Crippen LogP contribution in [0.1, 0.15) is 18.1 Å². The molecule has 3 aromatic rings. The number of aromatic nitrogens is 3. The van der Waals surface area contributed by atoms with Crippen LogP contribution in [0, 0.1) is 18.3 Å². The summed E-state index contributed by atoms with van der Waals surface area (Å²) in [7, 11) is 1.48. The lowest BCUT2D eigenvalue weighted by Gasteiger charge is -2.36. The summed E-state index contributed by atoms with van der Waals surface area (Å²) < 4.78 is 1.77. The molecule has 0 saturated carbocycles. The maximum atomic E-state index is 13.3. The lowest BCUT2D eigenvalue weighted by molar-refractivity contribution is 0.194. The Morgan fingerprint density at radius 1 is 1.16 bits per heavy atom. The van der Waals surface area contributed by atoms with E-state index in [0.717, 1.165) is 16.0 Å². The Hall–Kier alpha value is -4.45. The fourth-order valence-electron chi connectivity index (χ4n) is 3.66. The molecule has 9 heteroatoms. The van der Waals surface area contributed by atoms with Crippen molar-refractivity contribution in [3.8, 4) is 17.5 Å². The molecule has 2 aromatic carbocycles. The highest BCUT2D eigenvalue weighted by atomic mass is 16.2. The summed E-state index contributed by atoms with van der Waals surface area (Å²) in [6.07, 6.45) is 1.55. The smallest absolute Gasteiger partial charge is 0.337 e. The van der Waals surface area contributed by atoms with Crippen LogP contribution in [0.2, 0.25) is 0 Å². The molecule has 0 atom stereocenters. The quantitative estimate of drug-likeness (QED) is 0.687. The number of urea groups is 2. The Kier molecular flexibility index (Phi) is 5.43. The van der Waals surface area contributed by atoms with Crippen molar-refractivity contribution in [2.24, 2.45) is 0 Å². The molecule has 4 rings (SSSR count). The number of nitrogens with zero attached hydrogens (tertiary/aromatic N) is 6. The number of benzene rings is 2. The second-order valence-electron chi connectivity index (χ2n) is 7.34. The van der Waals surface area contributed by atoms with Gasteiger partial charge < -0.3 is 5.32 Å². The van der Waals surface area contributed by atoms with Gasteiger partial charge in [-0.15, -0.1) is 10.2 Å². The van der Waals surface area contributed by atoms with E-state index >= 15 is 0 Å². The number of hydrogen-bond donors (Lipinski definition) is 1. The van der Waals surface area contributed by atoms with Crippen molar-refractivity contribution >= 4 is 23.4 Å². The van der Waals surface area contributed by atoms with Crippen LogP contribution in [0.4, 0.5) is 15.3 Å². The van der Waals surface area contributed by atoms with Crippen LogP contribution in [0.25, 0.3) is 17.1 Å². The van der Waals surface area contributed by atoms with E-state index in [0.29, 0.717) is 28.5 Å². The summed E-state index contributed by atoms with van der Waals surface area (Å²) in [5.74, 6) is 0.541. The van der Waals surface area contributed by atoms with Gasteiger partial charge in [-0.1, -0.05) is 12.1 Å². The third-order valence-corrected chi connectivity index (χ3v) is 5.31. The van der Waals surface area contributed by atoms with Crippen molar-refractivity contribution in [1.82, 2.24) is 25.0 Å². The molecule has 1 aliphatic heterocycles. The zero-order valence-electron chi connectivity index (χ0n) is 17.9. The Morgan fingerprint density at radius 3 is 2.56 bits per heavy atom. The van der Waals surface area contributed by atoms with Crippen LogP contribution < -0.4 is 10.2 Å². The average molecular weight is 427 g/mol. The van der Waals surface area contributed by atoms with Gasteiger partial charge in [0.1, 0.15) is 6.33 Å². The van der Waals surface area contributed by atoms with Crippen molar-refractivity contribution < 1.29 is 9.59 Å². The van der Waals surface area contributed by atoms with Gasteiger partial charge in [0.2, 0.25) is 0 Å². The van der Waals surface area contributed by atoms with E-state index in [-0.39, 0.29) is 6.54 Å². The van der Waals surface area contributed by atoms with E-state index in [1.54, 1.807) is 35.2 Å². The molecule has 0 radical (unpaired) electrons. The summed E-state index contributed by atoms with van der Waals surface area (Å²) in [5, 5.41) is 19.9. The van der Waals surface area contributed by atoms with Crippen LogP contribution in [0.15, 0.2) is 60.6 Å². The molecule has 0 bridgehead atoms. The van der Waals surface area contributed by atoms with Gasteiger partial charge in [-0.2, -0.15) is 5.26 Å². The Bertz CT molecular complexity index is 1270. The van der Waals surface area contributed by atoms with E-state index in [2.05, 4.69) is 21.6 Å². The minimum absolute atomic E-state index is 0.0496. The molecule has 0 unspecified atom stereocenters. The van der Waals surface area contributed by atoms with Crippen LogP contribution in [-0.2, 0) is 0 Å². The predicted molar refractivity (Wildman–Crippen MR) is 119 cm³/mol. The molecule has 2 heterocycles. The number of carbonyl (C=O) groups is 2. The first-order chi connectivity index (χ1) is 15.4. The lowest BCUT2D eigenvalue weighted by Crippen LogP contribution is -2.53. The molecule has 0 saturated heterocycles. The highest BCUT2D eigenvalue weighted by Crippen LogP contribution is 2.32. The Balaban J connectivity index is 1.87. The van der Waals surface area contributed by atoms with Gasteiger partial charge >= 0.3 is 12.1 Å². The van der Waals surface area contributed by atoms with Gasteiger partial charge in [-0.05, 0) is 55.8 Å². The van der Waals surface area contributed by atoms with Crippen molar-refractivity contribution in [2.75, 3.05) is 18.5 Å².